The lowest BCUT2D eigenvalue weighted by Gasteiger charge is -2.23. The second-order valence-corrected chi connectivity index (χ2v) is 5.61. The molecule has 0 bridgehead atoms. The van der Waals surface area contributed by atoms with Gasteiger partial charge in [0.25, 0.3) is 0 Å². The zero-order valence-corrected chi connectivity index (χ0v) is 11.7. The Morgan fingerprint density at radius 1 is 1.24 bits per heavy atom. The van der Waals surface area contributed by atoms with Gasteiger partial charge in [-0.1, -0.05) is 59.5 Å². The molecule has 0 unspecified atom stereocenters. The van der Waals surface area contributed by atoms with Crippen molar-refractivity contribution in [2.24, 2.45) is 5.73 Å². The topological polar surface area (TPSA) is 26.0 Å². The van der Waals surface area contributed by atoms with E-state index in [4.69, 9.17) is 5.73 Å². The van der Waals surface area contributed by atoms with Gasteiger partial charge in [-0.05, 0) is 36.0 Å². The highest BCUT2D eigenvalue weighted by Gasteiger charge is 2.17. The third-order valence-electron chi connectivity index (χ3n) is 3.52. The van der Waals surface area contributed by atoms with E-state index in [2.05, 4.69) is 40.2 Å². The van der Waals surface area contributed by atoms with Gasteiger partial charge in [0.05, 0.1) is 0 Å². The van der Waals surface area contributed by atoms with E-state index in [9.17, 15) is 0 Å². The Morgan fingerprint density at radius 2 is 2.00 bits per heavy atom. The fourth-order valence-electron chi connectivity index (χ4n) is 2.60. The first-order valence-electron chi connectivity index (χ1n) is 6.47. The van der Waals surface area contributed by atoms with Gasteiger partial charge in [0.15, 0.2) is 0 Å². The normalized spacial score (nSPS) is 17.8. The van der Waals surface area contributed by atoms with Crippen LogP contribution in [0.2, 0.25) is 0 Å². The fraction of sp³-hybridized carbons (Fsp3) is 0.467. The predicted molar refractivity (Wildman–Crippen MR) is 78.1 cm³/mol. The van der Waals surface area contributed by atoms with Crippen LogP contribution in [0.1, 0.15) is 49.1 Å². The number of rotatable bonds is 3. The predicted octanol–water partition coefficient (Wildman–Crippen LogP) is 4.47. The van der Waals surface area contributed by atoms with Crippen LogP contribution in [0, 0.1) is 0 Å². The minimum absolute atomic E-state index is 0.599. The second kappa shape index (κ2) is 6.36. The standard InChI is InChI=1S/C15H20BrN/c16-15-11-12(5-4-10-17)8-9-14(15)13-6-2-1-3-7-13/h4-5,8-9,11,13H,1-3,6-7,10,17H2/b5-4+. The Balaban J connectivity index is 2.15. The molecule has 2 rings (SSSR count). The first kappa shape index (κ1) is 12.8. The summed E-state index contributed by atoms with van der Waals surface area (Å²) in [6.07, 6.45) is 10.9. The van der Waals surface area contributed by atoms with Gasteiger partial charge in [0, 0.05) is 11.0 Å². The monoisotopic (exact) mass is 293 g/mol. The highest BCUT2D eigenvalue weighted by atomic mass is 79.9. The summed E-state index contributed by atoms with van der Waals surface area (Å²) in [5, 5.41) is 0. The summed E-state index contributed by atoms with van der Waals surface area (Å²) in [5.41, 5.74) is 8.17. The van der Waals surface area contributed by atoms with Gasteiger partial charge in [-0.2, -0.15) is 0 Å². The molecule has 1 aromatic carbocycles. The van der Waals surface area contributed by atoms with Crippen LogP contribution in [-0.4, -0.2) is 6.54 Å². The molecule has 0 aromatic heterocycles. The molecule has 1 nitrogen and oxygen atoms in total. The Kier molecular flexibility index (Phi) is 4.81. The molecule has 0 radical (unpaired) electrons. The summed E-state index contributed by atoms with van der Waals surface area (Å²) in [4.78, 5) is 0. The van der Waals surface area contributed by atoms with Crippen molar-refractivity contribution in [2.45, 2.75) is 38.0 Å². The zero-order chi connectivity index (χ0) is 12.1. The van der Waals surface area contributed by atoms with Gasteiger partial charge in [0.1, 0.15) is 0 Å². The number of nitrogens with two attached hydrogens (primary N) is 1. The smallest absolute Gasteiger partial charge is 0.0216 e. The van der Waals surface area contributed by atoms with Crippen molar-refractivity contribution < 1.29 is 0 Å². The molecule has 1 aliphatic carbocycles. The summed E-state index contributed by atoms with van der Waals surface area (Å²) >= 11 is 3.71. The molecule has 0 heterocycles. The Hall–Kier alpha value is -0.600. The average molecular weight is 294 g/mol. The maximum absolute atomic E-state index is 5.46. The SMILES string of the molecule is NC/C=C/c1ccc(C2CCCCC2)c(Br)c1. The zero-order valence-electron chi connectivity index (χ0n) is 10.2. The van der Waals surface area contributed by atoms with E-state index in [0.29, 0.717) is 6.54 Å². The molecule has 1 aromatic rings. The quantitative estimate of drug-likeness (QED) is 0.874. The summed E-state index contributed by atoms with van der Waals surface area (Å²) in [7, 11) is 0. The molecule has 92 valence electrons. The van der Waals surface area contributed by atoms with Crippen molar-refractivity contribution in [3.05, 3.63) is 39.9 Å². The molecule has 2 N–H and O–H groups in total. The summed E-state index contributed by atoms with van der Waals surface area (Å²) < 4.78 is 1.25. The van der Waals surface area contributed by atoms with Crippen LogP contribution in [0.15, 0.2) is 28.7 Å². The first-order valence-corrected chi connectivity index (χ1v) is 7.26. The van der Waals surface area contributed by atoms with Crippen molar-refractivity contribution >= 4 is 22.0 Å². The molecule has 0 saturated heterocycles. The average Bonchev–Trinajstić information content (AvgIpc) is 2.37. The van der Waals surface area contributed by atoms with Crippen molar-refractivity contribution in [1.29, 1.82) is 0 Å². The number of hydrogen-bond donors (Lipinski definition) is 1. The molecular weight excluding hydrogens is 274 g/mol. The molecule has 1 saturated carbocycles. The van der Waals surface area contributed by atoms with Crippen LogP contribution in [0.4, 0.5) is 0 Å². The molecule has 1 aliphatic rings. The van der Waals surface area contributed by atoms with Gasteiger partial charge in [-0.3, -0.25) is 0 Å². The van der Waals surface area contributed by atoms with E-state index in [-0.39, 0.29) is 0 Å². The van der Waals surface area contributed by atoms with Crippen molar-refractivity contribution in [2.75, 3.05) is 6.54 Å². The molecule has 0 amide bonds. The second-order valence-electron chi connectivity index (χ2n) is 4.75. The van der Waals surface area contributed by atoms with E-state index in [1.165, 1.54) is 47.7 Å². The lowest BCUT2D eigenvalue weighted by Crippen LogP contribution is -2.05. The summed E-state index contributed by atoms with van der Waals surface area (Å²) in [5.74, 6) is 0.755. The first-order chi connectivity index (χ1) is 8.31. The van der Waals surface area contributed by atoms with Gasteiger partial charge in [-0.25, -0.2) is 0 Å². The van der Waals surface area contributed by atoms with Gasteiger partial charge in [-0.15, -0.1) is 0 Å². The molecule has 2 heteroatoms. The Labute approximate surface area is 112 Å². The fourth-order valence-corrected chi connectivity index (χ4v) is 3.32. The lowest BCUT2D eigenvalue weighted by molar-refractivity contribution is 0.442. The third-order valence-corrected chi connectivity index (χ3v) is 4.20. The van der Waals surface area contributed by atoms with E-state index in [1.807, 2.05) is 6.08 Å². The van der Waals surface area contributed by atoms with Crippen LogP contribution in [0.5, 0.6) is 0 Å². The van der Waals surface area contributed by atoms with E-state index >= 15 is 0 Å². The van der Waals surface area contributed by atoms with Gasteiger partial charge in [0.2, 0.25) is 0 Å². The molecule has 0 spiro atoms. The van der Waals surface area contributed by atoms with Gasteiger partial charge >= 0.3 is 0 Å². The van der Waals surface area contributed by atoms with Crippen LogP contribution >= 0.6 is 15.9 Å². The highest BCUT2D eigenvalue weighted by Crippen LogP contribution is 2.36. The van der Waals surface area contributed by atoms with E-state index < -0.39 is 0 Å². The Bertz CT molecular complexity index is 392. The van der Waals surface area contributed by atoms with Crippen molar-refractivity contribution in [1.82, 2.24) is 0 Å². The molecule has 1 fully saturated rings. The van der Waals surface area contributed by atoms with Crippen molar-refractivity contribution in [3.63, 3.8) is 0 Å². The maximum atomic E-state index is 5.46. The van der Waals surface area contributed by atoms with Crippen molar-refractivity contribution in [3.8, 4) is 0 Å². The number of benzene rings is 1. The summed E-state index contributed by atoms with van der Waals surface area (Å²) in [6.45, 7) is 0.599. The highest BCUT2D eigenvalue weighted by molar-refractivity contribution is 9.10. The molecule has 17 heavy (non-hydrogen) atoms. The molecule has 0 atom stereocenters. The molecular formula is C15H20BrN. The van der Waals surface area contributed by atoms with E-state index in [0.717, 1.165) is 5.92 Å². The van der Waals surface area contributed by atoms with Gasteiger partial charge < -0.3 is 5.73 Å². The van der Waals surface area contributed by atoms with Crippen LogP contribution < -0.4 is 5.73 Å². The Morgan fingerprint density at radius 3 is 2.65 bits per heavy atom. The third kappa shape index (κ3) is 3.43. The van der Waals surface area contributed by atoms with Crippen LogP contribution in [0.3, 0.4) is 0 Å². The van der Waals surface area contributed by atoms with Crippen LogP contribution in [-0.2, 0) is 0 Å². The summed E-state index contributed by atoms with van der Waals surface area (Å²) in [6, 6.07) is 6.67. The largest absolute Gasteiger partial charge is 0.327 e. The number of hydrogen-bond acceptors (Lipinski definition) is 1. The lowest BCUT2D eigenvalue weighted by atomic mass is 9.84. The minimum atomic E-state index is 0.599. The maximum Gasteiger partial charge on any atom is 0.0216 e. The van der Waals surface area contributed by atoms with E-state index in [1.54, 1.807) is 0 Å². The van der Waals surface area contributed by atoms with Crippen LogP contribution in [0.25, 0.3) is 6.08 Å². The molecule has 0 aliphatic heterocycles. The minimum Gasteiger partial charge on any atom is -0.327 e. The number of halogens is 1.